The Morgan fingerprint density at radius 2 is 1.82 bits per heavy atom. The van der Waals surface area contributed by atoms with Crippen molar-refractivity contribution in [3.05, 3.63) is 75.8 Å². The van der Waals surface area contributed by atoms with Crippen LogP contribution in [0.4, 0.5) is 10.5 Å². The third-order valence-electron chi connectivity index (χ3n) is 4.52. The molecule has 0 aliphatic heterocycles. The smallest absolute Gasteiger partial charge is 0.408 e. The first kappa shape index (κ1) is 26.3. The van der Waals surface area contributed by atoms with Crippen LogP contribution in [0.25, 0.3) is 11.6 Å². The minimum Gasteiger partial charge on any atom is -0.467 e. The standard InChI is InChI=1S/C25H28Cl2N2O4/c1-15(22-18(26)7-6-8-19(22)27)9-11-17-13-16(10-12-20(17)28)14-21(23(30)32-5)29-24(31)33-25(2,3)4/h6-13,21H,1,14,28H2,2-5H3,(H,29,31)/b11-9-. The lowest BCUT2D eigenvalue weighted by atomic mass is 10.0. The molecular formula is C25H28Cl2N2O4. The van der Waals surface area contributed by atoms with Crippen LogP contribution in [0, 0.1) is 0 Å². The summed E-state index contributed by atoms with van der Waals surface area (Å²) in [7, 11) is 1.26. The summed E-state index contributed by atoms with van der Waals surface area (Å²) >= 11 is 12.5. The quantitative estimate of drug-likeness (QED) is 0.286. The molecule has 1 atom stereocenters. The van der Waals surface area contributed by atoms with Crippen LogP contribution < -0.4 is 11.1 Å². The number of methoxy groups -OCH3 is 1. The van der Waals surface area contributed by atoms with Crippen molar-refractivity contribution in [3.8, 4) is 0 Å². The van der Waals surface area contributed by atoms with E-state index >= 15 is 0 Å². The Morgan fingerprint density at radius 3 is 2.39 bits per heavy atom. The summed E-state index contributed by atoms with van der Waals surface area (Å²) in [4.78, 5) is 24.4. The van der Waals surface area contributed by atoms with Crippen LogP contribution in [0.15, 0.2) is 49.1 Å². The number of hydrogen-bond acceptors (Lipinski definition) is 5. The number of ether oxygens (including phenoxy) is 2. The molecule has 0 spiro atoms. The molecule has 0 bridgehead atoms. The van der Waals surface area contributed by atoms with E-state index in [9.17, 15) is 9.59 Å². The number of hydrogen-bond donors (Lipinski definition) is 2. The first-order chi connectivity index (χ1) is 15.4. The summed E-state index contributed by atoms with van der Waals surface area (Å²) in [5, 5.41) is 3.55. The first-order valence-electron chi connectivity index (χ1n) is 10.2. The number of allylic oxidation sites excluding steroid dienone is 2. The van der Waals surface area contributed by atoms with Crippen molar-refractivity contribution in [2.24, 2.45) is 0 Å². The number of halogens is 2. The number of amides is 1. The van der Waals surface area contributed by atoms with Gasteiger partial charge in [0.2, 0.25) is 0 Å². The molecule has 0 heterocycles. The lowest BCUT2D eigenvalue weighted by Gasteiger charge is -2.22. The van der Waals surface area contributed by atoms with Crippen LogP contribution >= 0.6 is 23.2 Å². The van der Waals surface area contributed by atoms with Gasteiger partial charge < -0.3 is 20.5 Å². The second-order valence-corrected chi connectivity index (χ2v) is 9.16. The van der Waals surface area contributed by atoms with Gasteiger partial charge in [-0.15, -0.1) is 0 Å². The van der Waals surface area contributed by atoms with E-state index in [1.807, 2.05) is 6.07 Å². The monoisotopic (exact) mass is 490 g/mol. The van der Waals surface area contributed by atoms with Crippen LogP contribution in [0.3, 0.4) is 0 Å². The summed E-state index contributed by atoms with van der Waals surface area (Å²) in [6.07, 6.45) is 3.03. The molecule has 0 fully saturated rings. The molecule has 176 valence electrons. The van der Waals surface area contributed by atoms with E-state index in [2.05, 4.69) is 11.9 Å². The fourth-order valence-electron chi connectivity index (χ4n) is 2.99. The predicted octanol–water partition coefficient (Wildman–Crippen LogP) is 5.91. The molecule has 0 aromatic heterocycles. The van der Waals surface area contributed by atoms with E-state index < -0.39 is 23.7 Å². The average Bonchev–Trinajstić information content (AvgIpc) is 2.71. The van der Waals surface area contributed by atoms with Gasteiger partial charge in [0.25, 0.3) is 0 Å². The highest BCUT2D eigenvalue weighted by atomic mass is 35.5. The number of nitrogen functional groups attached to an aromatic ring is 1. The highest BCUT2D eigenvalue weighted by molar-refractivity contribution is 6.37. The summed E-state index contributed by atoms with van der Waals surface area (Å²) in [5.74, 6) is -0.587. The Labute approximate surface area is 204 Å². The van der Waals surface area contributed by atoms with Crippen molar-refractivity contribution in [3.63, 3.8) is 0 Å². The molecule has 3 N–H and O–H groups in total. The second kappa shape index (κ2) is 11.3. The molecule has 8 heteroatoms. The Morgan fingerprint density at radius 1 is 1.18 bits per heavy atom. The van der Waals surface area contributed by atoms with Gasteiger partial charge >= 0.3 is 12.1 Å². The van der Waals surface area contributed by atoms with Gasteiger partial charge in [-0.1, -0.05) is 54.1 Å². The van der Waals surface area contributed by atoms with Gasteiger partial charge in [0.1, 0.15) is 11.6 Å². The maximum Gasteiger partial charge on any atom is 0.408 e. The molecule has 0 saturated carbocycles. The molecule has 0 radical (unpaired) electrons. The molecule has 0 aliphatic carbocycles. The van der Waals surface area contributed by atoms with Crippen molar-refractivity contribution >= 4 is 52.6 Å². The summed E-state index contributed by atoms with van der Waals surface area (Å²) in [6.45, 7) is 9.25. The van der Waals surface area contributed by atoms with Crippen LogP contribution in [0.5, 0.6) is 0 Å². The number of carbonyl (C=O) groups is 2. The Hall–Kier alpha value is -2.96. The van der Waals surface area contributed by atoms with E-state index in [0.717, 1.165) is 5.56 Å². The Balaban J connectivity index is 2.23. The molecule has 1 unspecified atom stereocenters. The minimum absolute atomic E-state index is 0.185. The van der Waals surface area contributed by atoms with Crippen LogP contribution in [-0.4, -0.2) is 30.8 Å². The van der Waals surface area contributed by atoms with E-state index in [1.165, 1.54) is 7.11 Å². The van der Waals surface area contributed by atoms with Gasteiger partial charge in [-0.05, 0) is 61.7 Å². The van der Waals surface area contributed by atoms with E-state index in [-0.39, 0.29) is 6.42 Å². The number of benzene rings is 2. The zero-order valence-corrected chi connectivity index (χ0v) is 20.6. The summed E-state index contributed by atoms with van der Waals surface area (Å²) in [5.41, 5.74) is 8.68. The minimum atomic E-state index is -0.929. The van der Waals surface area contributed by atoms with Crippen LogP contribution in [0.2, 0.25) is 10.0 Å². The highest BCUT2D eigenvalue weighted by Crippen LogP contribution is 2.31. The molecule has 6 nitrogen and oxygen atoms in total. The largest absolute Gasteiger partial charge is 0.467 e. The topological polar surface area (TPSA) is 90.6 Å². The number of rotatable bonds is 7. The normalized spacial score (nSPS) is 12.3. The number of esters is 1. The van der Waals surface area contributed by atoms with Gasteiger partial charge in [-0.2, -0.15) is 0 Å². The number of anilines is 1. The summed E-state index contributed by atoms with van der Waals surface area (Å²) < 4.78 is 10.1. The van der Waals surface area contributed by atoms with Crippen molar-refractivity contribution in [1.82, 2.24) is 5.32 Å². The van der Waals surface area contributed by atoms with E-state index in [0.29, 0.717) is 32.4 Å². The lowest BCUT2D eigenvalue weighted by Crippen LogP contribution is -2.45. The number of carbonyl (C=O) groups excluding carboxylic acids is 2. The highest BCUT2D eigenvalue weighted by Gasteiger charge is 2.25. The molecule has 2 rings (SSSR count). The fourth-order valence-corrected chi connectivity index (χ4v) is 3.64. The maximum atomic E-state index is 12.2. The number of nitrogens with two attached hydrogens (primary N) is 1. The molecule has 2 aromatic rings. The van der Waals surface area contributed by atoms with Crippen molar-refractivity contribution in [2.45, 2.75) is 38.8 Å². The van der Waals surface area contributed by atoms with Crippen LogP contribution in [-0.2, 0) is 20.7 Å². The zero-order valence-electron chi connectivity index (χ0n) is 19.1. The molecule has 1 amide bonds. The maximum absolute atomic E-state index is 12.2. The molecule has 0 saturated heterocycles. The van der Waals surface area contributed by atoms with Gasteiger partial charge in [-0.25, -0.2) is 9.59 Å². The third kappa shape index (κ3) is 7.84. The molecular weight excluding hydrogens is 463 g/mol. The van der Waals surface area contributed by atoms with Gasteiger partial charge in [0, 0.05) is 27.7 Å². The fraction of sp³-hybridized carbons (Fsp3) is 0.280. The first-order valence-corrected chi connectivity index (χ1v) is 10.9. The third-order valence-corrected chi connectivity index (χ3v) is 5.15. The molecule has 33 heavy (non-hydrogen) atoms. The van der Waals surface area contributed by atoms with E-state index in [4.69, 9.17) is 38.4 Å². The zero-order chi connectivity index (χ0) is 24.8. The number of nitrogens with one attached hydrogen (secondary N) is 1. The Bertz CT molecular complexity index is 1050. The van der Waals surface area contributed by atoms with Crippen molar-refractivity contribution in [2.75, 3.05) is 12.8 Å². The lowest BCUT2D eigenvalue weighted by molar-refractivity contribution is -0.143. The molecule has 0 aliphatic rings. The Kier molecular flexibility index (Phi) is 8.97. The SMILES string of the molecule is C=C(/C=C\c1cc(CC(NC(=O)OC(C)(C)C)C(=O)OC)ccc1N)c1c(Cl)cccc1Cl. The predicted molar refractivity (Wildman–Crippen MR) is 134 cm³/mol. The van der Waals surface area contributed by atoms with Gasteiger partial charge in [-0.3, -0.25) is 0 Å². The summed E-state index contributed by atoms with van der Waals surface area (Å²) in [6, 6.07) is 9.63. The van der Waals surface area contributed by atoms with Crippen LogP contribution in [0.1, 0.15) is 37.5 Å². The van der Waals surface area contributed by atoms with E-state index in [1.54, 1.807) is 63.3 Å². The average molecular weight is 491 g/mol. The second-order valence-electron chi connectivity index (χ2n) is 8.34. The number of alkyl carbamates (subject to hydrolysis) is 1. The van der Waals surface area contributed by atoms with Gasteiger partial charge in [0.05, 0.1) is 7.11 Å². The van der Waals surface area contributed by atoms with Crippen molar-refractivity contribution in [1.29, 1.82) is 0 Å². The van der Waals surface area contributed by atoms with Crippen molar-refractivity contribution < 1.29 is 19.1 Å². The molecule has 2 aromatic carbocycles. The van der Waals surface area contributed by atoms with Gasteiger partial charge in [0.15, 0.2) is 0 Å².